The Morgan fingerprint density at radius 2 is 2.36 bits per heavy atom. The molecule has 0 amide bonds. The Balaban J connectivity index is 1.71. The number of aromatic nitrogens is 2. The van der Waals surface area contributed by atoms with Gasteiger partial charge in [0.25, 0.3) is 0 Å². The lowest BCUT2D eigenvalue weighted by atomic mass is 9.96. The molecule has 2 fully saturated rings. The van der Waals surface area contributed by atoms with Crippen LogP contribution >= 0.6 is 23.3 Å². The Morgan fingerprint density at radius 1 is 1.43 bits per heavy atom. The second kappa shape index (κ2) is 3.32. The Kier molecular flexibility index (Phi) is 2.11. The zero-order valence-corrected chi connectivity index (χ0v) is 9.01. The normalized spacial score (nSPS) is 35.1. The quantitative estimate of drug-likeness (QED) is 0.845. The molecule has 0 radical (unpaired) electrons. The van der Waals surface area contributed by atoms with Gasteiger partial charge in [0.2, 0.25) is 0 Å². The maximum absolute atomic E-state index is 5.85. The van der Waals surface area contributed by atoms with Crippen molar-refractivity contribution in [1.29, 1.82) is 0 Å². The Labute approximate surface area is 90.9 Å². The second-order valence-corrected chi connectivity index (χ2v) is 4.65. The van der Waals surface area contributed by atoms with Crippen molar-refractivity contribution in [1.82, 2.24) is 8.75 Å². The lowest BCUT2D eigenvalue weighted by Crippen LogP contribution is -2.30. The molecule has 1 aromatic heterocycles. The van der Waals surface area contributed by atoms with Crippen molar-refractivity contribution in [2.24, 2.45) is 0 Å². The highest BCUT2D eigenvalue weighted by Crippen LogP contribution is 2.36. The molecular weight excluding hydrogens is 222 g/mol. The van der Waals surface area contributed by atoms with Crippen molar-refractivity contribution in [2.45, 2.75) is 37.5 Å². The summed E-state index contributed by atoms with van der Waals surface area (Å²) in [5, 5.41) is 3.77. The molecule has 0 aliphatic carbocycles. The molecular formula is C8H10ClN3OS. The number of halogens is 1. The standard InChI is InChI=1S/C8H10ClN3OS/c9-7-8(12-14-11-7)10-5-3-4-1-2-6(5)13-4/h4-6H,1-3H2,(H,10,12). The summed E-state index contributed by atoms with van der Waals surface area (Å²) in [5.74, 6) is 0.706. The fourth-order valence-corrected chi connectivity index (χ4v) is 2.89. The van der Waals surface area contributed by atoms with Gasteiger partial charge in [0.1, 0.15) is 0 Å². The molecule has 3 unspecified atom stereocenters. The molecule has 14 heavy (non-hydrogen) atoms. The van der Waals surface area contributed by atoms with Gasteiger partial charge in [-0.3, -0.25) is 0 Å². The van der Waals surface area contributed by atoms with Crippen molar-refractivity contribution in [3.05, 3.63) is 5.15 Å². The summed E-state index contributed by atoms with van der Waals surface area (Å²) in [6, 6.07) is 0.371. The summed E-state index contributed by atoms with van der Waals surface area (Å²) in [4.78, 5) is 0. The van der Waals surface area contributed by atoms with E-state index in [0.29, 0.717) is 29.2 Å². The third-order valence-electron chi connectivity index (χ3n) is 2.88. The van der Waals surface area contributed by atoms with Gasteiger partial charge in [0.15, 0.2) is 11.0 Å². The Bertz CT molecular complexity index is 345. The van der Waals surface area contributed by atoms with Gasteiger partial charge in [-0.15, -0.1) is 0 Å². The molecule has 2 bridgehead atoms. The molecule has 1 aromatic rings. The molecule has 3 atom stereocenters. The monoisotopic (exact) mass is 231 g/mol. The number of nitrogens with one attached hydrogen (secondary N) is 1. The SMILES string of the molecule is Clc1nsnc1NC1CC2CCC1O2. The van der Waals surface area contributed by atoms with Crippen LogP contribution in [-0.2, 0) is 4.74 Å². The summed E-state index contributed by atoms with van der Waals surface area (Å²) in [6.45, 7) is 0. The highest BCUT2D eigenvalue weighted by Gasteiger charge is 2.41. The van der Waals surface area contributed by atoms with Crippen LogP contribution in [-0.4, -0.2) is 27.0 Å². The van der Waals surface area contributed by atoms with Crippen LogP contribution in [0.5, 0.6) is 0 Å². The Hall–Kier alpha value is -0.390. The number of anilines is 1. The Morgan fingerprint density at radius 3 is 2.93 bits per heavy atom. The molecule has 3 rings (SSSR count). The fourth-order valence-electron chi connectivity index (χ4n) is 2.23. The van der Waals surface area contributed by atoms with Crippen molar-refractivity contribution in [3.63, 3.8) is 0 Å². The summed E-state index contributed by atoms with van der Waals surface area (Å²) in [5.41, 5.74) is 0. The van der Waals surface area contributed by atoms with E-state index in [9.17, 15) is 0 Å². The summed E-state index contributed by atoms with van der Waals surface area (Å²) < 4.78 is 13.7. The minimum atomic E-state index is 0.345. The molecule has 76 valence electrons. The van der Waals surface area contributed by atoms with Crippen LogP contribution < -0.4 is 5.32 Å². The maximum Gasteiger partial charge on any atom is 0.186 e. The second-order valence-electron chi connectivity index (χ2n) is 3.76. The van der Waals surface area contributed by atoms with Crippen LogP contribution in [0.25, 0.3) is 0 Å². The van der Waals surface area contributed by atoms with E-state index < -0.39 is 0 Å². The molecule has 4 nitrogen and oxygen atoms in total. The van der Waals surface area contributed by atoms with E-state index in [1.165, 1.54) is 6.42 Å². The van der Waals surface area contributed by atoms with Crippen LogP contribution in [0.3, 0.4) is 0 Å². The van der Waals surface area contributed by atoms with E-state index in [1.807, 2.05) is 0 Å². The minimum Gasteiger partial charge on any atom is -0.373 e. The first-order chi connectivity index (χ1) is 6.83. The van der Waals surface area contributed by atoms with Gasteiger partial charge in [-0.05, 0) is 19.3 Å². The highest BCUT2D eigenvalue weighted by atomic mass is 35.5. The zero-order chi connectivity index (χ0) is 9.54. The molecule has 2 saturated heterocycles. The lowest BCUT2D eigenvalue weighted by molar-refractivity contribution is 0.102. The number of fused-ring (bicyclic) bond motifs is 2. The van der Waals surface area contributed by atoms with Gasteiger partial charge in [0.05, 0.1) is 30.0 Å². The van der Waals surface area contributed by atoms with E-state index in [-0.39, 0.29) is 0 Å². The largest absolute Gasteiger partial charge is 0.373 e. The first-order valence-electron chi connectivity index (χ1n) is 4.73. The first-order valence-corrected chi connectivity index (χ1v) is 5.84. The van der Waals surface area contributed by atoms with Gasteiger partial charge in [0, 0.05) is 0 Å². The fraction of sp³-hybridized carbons (Fsp3) is 0.750. The van der Waals surface area contributed by atoms with Gasteiger partial charge in [-0.25, -0.2) is 0 Å². The van der Waals surface area contributed by atoms with Crippen molar-refractivity contribution >= 4 is 29.1 Å². The highest BCUT2D eigenvalue weighted by molar-refractivity contribution is 6.99. The van der Waals surface area contributed by atoms with Crippen LogP contribution in [0.2, 0.25) is 5.15 Å². The van der Waals surface area contributed by atoms with Gasteiger partial charge in [-0.1, -0.05) is 11.6 Å². The number of ether oxygens (including phenoxy) is 1. The predicted molar refractivity (Wildman–Crippen MR) is 54.8 cm³/mol. The smallest absolute Gasteiger partial charge is 0.186 e. The minimum absolute atomic E-state index is 0.345. The van der Waals surface area contributed by atoms with Crippen molar-refractivity contribution < 1.29 is 4.74 Å². The van der Waals surface area contributed by atoms with Gasteiger partial charge >= 0.3 is 0 Å². The number of hydrogen-bond donors (Lipinski definition) is 1. The maximum atomic E-state index is 5.85. The predicted octanol–water partition coefficient (Wildman–Crippen LogP) is 1.92. The summed E-state index contributed by atoms with van der Waals surface area (Å²) in [7, 11) is 0. The lowest BCUT2D eigenvalue weighted by Gasteiger charge is -2.19. The van der Waals surface area contributed by atoms with Crippen LogP contribution in [0.4, 0.5) is 5.82 Å². The first kappa shape index (κ1) is 8.88. The average Bonchev–Trinajstić information content (AvgIpc) is 2.83. The van der Waals surface area contributed by atoms with E-state index >= 15 is 0 Å². The topological polar surface area (TPSA) is 47.0 Å². The van der Waals surface area contributed by atoms with E-state index in [4.69, 9.17) is 16.3 Å². The van der Waals surface area contributed by atoms with Crippen molar-refractivity contribution in [3.8, 4) is 0 Å². The zero-order valence-electron chi connectivity index (χ0n) is 7.44. The molecule has 3 heterocycles. The number of rotatable bonds is 2. The molecule has 0 spiro atoms. The van der Waals surface area contributed by atoms with E-state index in [0.717, 1.165) is 24.6 Å². The van der Waals surface area contributed by atoms with Crippen LogP contribution in [0, 0.1) is 0 Å². The molecule has 2 aliphatic heterocycles. The number of hydrogen-bond acceptors (Lipinski definition) is 5. The van der Waals surface area contributed by atoms with E-state index in [2.05, 4.69) is 14.1 Å². The molecule has 2 aliphatic rings. The third-order valence-corrected chi connectivity index (χ3v) is 3.77. The summed E-state index contributed by atoms with van der Waals surface area (Å²) in [6.07, 6.45) is 4.21. The average molecular weight is 232 g/mol. The van der Waals surface area contributed by atoms with Crippen LogP contribution in [0.15, 0.2) is 0 Å². The molecule has 1 N–H and O–H groups in total. The number of nitrogens with zero attached hydrogens (tertiary/aromatic N) is 2. The van der Waals surface area contributed by atoms with E-state index in [1.54, 1.807) is 0 Å². The van der Waals surface area contributed by atoms with Gasteiger partial charge < -0.3 is 10.1 Å². The van der Waals surface area contributed by atoms with Crippen LogP contribution in [0.1, 0.15) is 19.3 Å². The molecule has 0 aromatic carbocycles. The molecule has 6 heteroatoms. The third kappa shape index (κ3) is 1.39. The molecule has 0 saturated carbocycles. The summed E-state index contributed by atoms with van der Waals surface area (Å²) >= 11 is 6.99. The van der Waals surface area contributed by atoms with Gasteiger partial charge in [-0.2, -0.15) is 8.75 Å². The van der Waals surface area contributed by atoms with Crippen molar-refractivity contribution in [2.75, 3.05) is 5.32 Å².